The summed E-state index contributed by atoms with van der Waals surface area (Å²) in [7, 11) is 0. The van der Waals surface area contributed by atoms with Crippen LogP contribution in [0, 0.1) is 0 Å². The van der Waals surface area contributed by atoms with Gasteiger partial charge < -0.3 is 10.2 Å². The molecule has 2 aromatic rings. The maximum Gasteiger partial charge on any atom is 0.123 e. The summed E-state index contributed by atoms with van der Waals surface area (Å²) in [5.41, 5.74) is 4.92. The van der Waals surface area contributed by atoms with Crippen molar-refractivity contribution in [1.29, 1.82) is 0 Å². The first-order valence-corrected chi connectivity index (χ1v) is 9.80. The van der Waals surface area contributed by atoms with Crippen LogP contribution >= 0.6 is 0 Å². The Morgan fingerprint density at radius 2 is 1.00 bits per heavy atom. The van der Waals surface area contributed by atoms with Crippen LogP contribution in [0.15, 0.2) is 30.3 Å². The van der Waals surface area contributed by atoms with Gasteiger partial charge in [0.05, 0.1) is 0 Å². The minimum atomic E-state index is -0.133. The van der Waals surface area contributed by atoms with Crippen molar-refractivity contribution >= 4 is 0 Å². The number of rotatable bonds is 2. The Morgan fingerprint density at radius 1 is 0.593 bits per heavy atom. The number of benzene rings is 2. The quantitative estimate of drug-likeness (QED) is 0.628. The van der Waals surface area contributed by atoms with E-state index in [0.29, 0.717) is 11.5 Å². The van der Waals surface area contributed by atoms with Crippen molar-refractivity contribution in [2.45, 2.75) is 85.0 Å². The van der Waals surface area contributed by atoms with E-state index in [-0.39, 0.29) is 16.2 Å². The predicted octanol–water partition coefficient (Wildman–Crippen LogP) is 6.58. The van der Waals surface area contributed by atoms with Gasteiger partial charge in [-0.2, -0.15) is 0 Å². The van der Waals surface area contributed by atoms with E-state index in [1.165, 1.54) is 11.1 Å². The van der Waals surface area contributed by atoms with E-state index in [9.17, 15) is 10.2 Å². The molecule has 2 rings (SSSR count). The average Bonchev–Trinajstić information content (AvgIpc) is 2.47. The summed E-state index contributed by atoms with van der Waals surface area (Å²) in [6, 6.07) is 10.2. The highest BCUT2D eigenvalue weighted by molar-refractivity contribution is 5.51. The molecule has 27 heavy (non-hydrogen) atoms. The van der Waals surface area contributed by atoms with Crippen LogP contribution in [0.1, 0.15) is 90.1 Å². The monoisotopic (exact) mass is 368 g/mol. The van der Waals surface area contributed by atoms with Gasteiger partial charge >= 0.3 is 0 Å². The van der Waals surface area contributed by atoms with Crippen molar-refractivity contribution in [3.8, 4) is 11.5 Å². The van der Waals surface area contributed by atoms with Crippen LogP contribution in [0.2, 0.25) is 0 Å². The number of phenolic OH excluding ortho intramolecular Hbond substituents is 2. The van der Waals surface area contributed by atoms with Crippen molar-refractivity contribution in [2.24, 2.45) is 0 Å². The van der Waals surface area contributed by atoms with Gasteiger partial charge in [0.25, 0.3) is 0 Å². The number of phenols is 2. The lowest BCUT2D eigenvalue weighted by Crippen LogP contribution is -2.18. The largest absolute Gasteiger partial charge is 0.508 e. The van der Waals surface area contributed by atoms with Crippen LogP contribution < -0.4 is 0 Å². The van der Waals surface area contributed by atoms with Gasteiger partial charge in [0, 0.05) is 0 Å². The van der Waals surface area contributed by atoms with E-state index in [0.717, 1.165) is 23.1 Å². The number of hydrogen-bond acceptors (Lipinski definition) is 2. The zero-order valence-electron chi connectivity index (χ0n) is 18.5. The zero-order chi connectivity index (χ0) is 20.8. The van der Waals surface area contributed by atoms with Crippen molar-refractivity contribution in [1.82, 2.24) is 0 Å². The van der Waals surface area contributed by atoms with Gasteiger partial charge in [-0.3, -0.25) is 0 Å². The highest BCUT2D eigenvalue weighted by Gasteiger charge is 2.26. The first-order valence-electron chi connectivity index (χ1n) is 9.80. The Balaban J connectivity index is 2.57. The Kier molecular flexibility index (Phi) is 5.45. The Bertz CT molecular complexity index is 790. The molecular formula is C25H36O2. The summed E-state index contributed by atoms with van der Waals surface area (Å²) in [5, 5.41) is 21.1. The maximum absolute atomic E-state index is 10.9. The van der Waals surface area contributed by atoms with E-state index in [1.807, 2.05) is 6.07 Å². The molecule has 0 spiro atoms. The second kappa shape index (κ2) is 6.89. The minimum absolute atomic E-state index is 0.109. The first kappa shape index (κ1) is 21.3. The van der Waals surface area contributed by atoms with Gasteiger partial charge in [-0.25, -0.2) is 0 Å². The third-order valence-electron chi connectivity index (χ3n) is 5.06. The zero-order valence-corrected chi connectivity index (χ0v) is 18.5. The molecule has 148 valence electrons. The van der Waals surface area contributed by atoms with Crippen molar-refractivity contribution in [2.75, 3.05) is 0 Å². The van der Waals surface area contributed by atoms with E-state index in [2.05, 4.69) is 80.5 Å². The molecule has 0 radical (unpaired) electrons. The summed E-state index contributed by atoms with van der Waals surface area (Å²) in [6.07, 6.45) is 0.774. The van der Waals surface area contributed by atoms with Crippen LogP contribution in [0.25, 0.3) is 0 Å². The minimum Gasteiger partial charge on any atom is -0.508 e. The van der Waals surface area contributed by atoms with Crippen LogP contribution in [-0.2, 0) is 22.7 Å². The molecule has 0 amide bonds. The lowest BCUT2D eigenvalue weighted by atomic mass is 9.77. The van der Waals surface area contributed by atoms with Crippen molar-refractivity contribution in [3.05, 3.63) is 58.1 Å². The standard InChI is InChI=1S/C25H36O2/c1-23(2,3)18-13-16(10-11-21(18)26)12-17-14-19(24(4,5)6)22(27)20(15-17)25(7,8)9/h10-11,13-15,26-27H,12H2,1-9H3. The molecule has 0 aromatic heterocycles. The fourth-order valence-electron chi connectivity index (χ4n) is 3.47. The van der Waals surface area contributed by atoms with Gasteiger partial charge in [-0.15, -0.1) is 0 Å². The third kappa shape index (κ3) is 4.86. The predicted molar refractivity (Wildman–Crippen MR) is 115 cm³/mol. The summed E-state index contributed by atoms with van der Waals surface area (Å²) < 4.78 is 0. The fraction of sp³-hybridized carbons (Fsp3) is 0.520. The molecule has 0 fully saturated rings. The van der Waals surface area contributed by atoms with Crippen molar-refractivity contribution < 1.29 is 10.2 Å². The second-order valence-electron chi connectivity index (χ2n) is 10.8. The average molecular weight is 369 g/mol. The number of hydrogen-bond donors (Lipinski definition) is 2. The lowest BCUT2D eigenvalue weighted by molar-refractivity contribution is 0.423. The smallest absolute Gasteiger partial charge is 0.123 e. The molecule has 2 heteroatoms. The SMILES string of the molecule is CC(C)(C)c1cc(Cc2cc(C(C)(C)C)c(O)c(C(C)(C)C)c2)ccc1O. The molecule has 2 N–H and O–H groups in total. The normalized spacial score (nSPS) is 13.1. The van der Waals surface area contributed by atoms with E-state index in [4.69, 9.17) is 0 Å². The molecule has 0 saturated heterocycles. The van der Waals surface area contributed by atoms with Crippen LogP contribution in [0.3, 0.4) is 0 Å². The van der Waals surface area contributed by atoms with Crippen LogP contribution in [0.4, 0.5) is 0 Å². The Labute approximate surface area is 165 Å². The molecule has 2 nitrogen and oxygen atoms in total. The Hall–Kier alpha value is -1.96. The summed E-state index contributed by atoms with van der Waals surface area (Å²) >= 11 is 0. The molecule has 0 aliphatic carbocycles. The van der Waals surface area contributed by atoms with Gasteiger partial charge in [-0.05, 0) is 56.5 Å². The van der Waals surface area contributed by atoms with Gasteiger partial charge in [-0.1, -0.05) is 86.6 Å². The van der Waals surface area contributed by atoms with Crippen LogP contribution in [-0.4, -0.2) is 10.2 Å². The Morgan fingerprint density at radius 3 is 1.41 bits per heavy atom. The van der Waals surface area contributed by atoms with Gasteiger partial charge in [0.1, 0.15) is 11.5 Å². The molecule has 2 aromatic carbocycles. The maximum atomic E-state index is 10.9. The summed E-state index contributed by atoms with van der Waals surface area (Å²) in [5.74, 6) is 0.766. The molecule has 0 aliphatic rings. The van der Waals surface area contributed by atoms with Crippen LogP contribution in [0.5, 0.6) is 11.5 Å². The summed E-state index contributed by atoms with van der Waals surface area (Å²) in [6.45, 7) is 19.2. The molecule has 0 saturated carbocycles. The van der Waals surface area contributed by atoms with E-state index < -0.39 is 0 Å². The molecule has 0 atom stereocenters. The highest BCUT2D eigenvalue weighted by atomic mass is 16.3. The van der Waals surface area contributed by atoms with E-state index in [1.54, 1.807) is 6.07 Å². The fourth-order valence-corrected chi connectivity index (χ4v) is 3.47. The van der Waals surface area contributed by atoms with E-state index >= 15 is 0 Å². The van der Waals surface area contributed by atoms with Gasteiger partial charge in [0.2, 0.25) is 0 Å². The molecule has 0 heterocycles. The lowest BCUT2D eigenvalue weighted by Gasteiger charge is -2.28. The second-order valence-corrected chi connectivity index (χ2v) is 10.8. The highest BCUT2D eigenvalue weighted by Crippen LogP contribution is 2.40. The number of aromatic hydroxyl groups is 2. The third-order valence-corrected chi connectivity index (χ3v) is 5.06. The molecule has 0 aliphatic heterocycles. The van der Waals surface area contributed by atoms with Crippen molar-refractivity contribution in [3.63, 3.8) is 0 Å². The topological polar surface area (TPSA) is 40.5 Å². The molecular weight excluding hydrogens is 332 g/mol. The molecule has 0 bridgehead atoms. The summed E-state index contributed by atoms with van der Waals surface area (Å²) in [4.78, 5) is 0. The first-order chi connectivity index (χ1) is 12.1. The molecule has 0 unspecified atom stereocenters. The van der Waals surface area contributed by atoms with Gasteiger partial charge in [0.15, 0.2) is 0 Å².